The van der Waals surface area contributed by atoms with Gasteiger partial charge in [-0.3, -0.25) is 0 Å². The van der Waals surface area contributed by atoms with E-state index in [9.17, 15) is 15.0 Å². The monoisotopic (exact) mass is 208 g/mol. The average molecular weight is 208 g/mol. The Kier molecular flexibility index (Phi) is 3.51. The molecular formula is C12H16O3. The molecule has 1 aliphatic carbocycles. The van der Waals surface area contributed by atoms with Gasteiger partial charge in [-0.1, -0.05) is 6.08 Å². The maximum atomic E-state index is 10.6. The quantitative estimate of drug-likeness (QED) is 0.697. The Morgan fingerprint density at radius 2 is 2.20 bits per heavy atom. The number of allylic oxidation sites excluding steroid dienone is 4. The van der Waals surface area contributed by atoms with Gasteiger partial charge in [0.15, 0.2) is 0 Å². The highest BCUT2D eigenvalue weighted by molar-refractivity contribution is 5.61. The zero-order valence-corrected chi connectivity index (χ0v) is 9.03. The first-order valence-corrected chi connectivity index (χ1v) is 4.98. The number of rotatable bonds is 3. The van der Waals surface area contributed by atoms with Crippen molar-refractivity contribution in [2.45, 2.75) is 32.3 Å². The summed E-state index contributed by atoms with van der Waals surface area (Å²) < 4.78 is 0. The van der Waals surface area contributed by atoms with E-state index in [0.29, 0.717) is 18.4 Å². The highest BCUT2D eigenvalue weighted by Gasteiger charge is 2.19. The largest absolute Gasteiger partial charge is 0.508 e. The lowest BCUT2D eigenvalue weighted by Crippen LogP contribution is -2.20. The molecule has 1 aliphatic rings. The molecule has 2 N–H and O–H groups in total. The smallest absolute Gasteiger partial charge is 0.128 e. The van der Waals surface area contributed by atoms with E-state index in [0.717, 1.165) is 0 Å². The van der Waals surface area contributed by atoms with Crippen molar-refractivity contribution in [3.05, 3.63) is 29.6 Å². The zero-order valence-electron chi connectivity index (χ0n) is 9.03. The standard InChI is InChI=1S/C12H16O3/c1-12(2,15)6-5-9-3-4-11(14)7-10(9)8-13/h3-4,7,9,14-15H,5-6H2,1-2H3. The van der Waals surface area contributed by atoms with Gasteiger partial charge in [-0.2, -0.15) is 0 Å². The number of hydrogen-bond donors (Lipinski definition) is 2. The first kappa shape index (κ1) is 11.8. The third kappa shape index (κ3) is 3.74. The fraction of sp³-hybridized carbons (Fsp3) is 0.500. The molecule has 0 amide bonds. The lowest BCUT2D eigenvalue weighted by molar-refractivity contribution is 0.0667. The summed E-state index contributed by atoms with van der Waals surface area (Å²) >= 11 is 0. The summed E-state index contributed by atoms with van der Waals surface area (Å²) in [5.41, 5.74) is -0.287. The van der Waals surface area contributed by atoms with Crippen LogP contribution in [0.3, 0.4) is 0 Å². The molecule has 0 aromatic carbocycles. The summed E-state index contributed by atoms with van der Waals surface area (Å²) in [6.07, 6.45) is 6.02. The molecule has 0 aromatic rings. The van der Waals surface area contributed by atoms with E-state index in [1.54, 1.807) is 26.0 Å². The molecule has 82 valence electrons. The first-order chi connectivity index (χ1) is 6.92. The van der Waals surface area contributed by atoms with Gasteiger partial charge in [-0.15, -0.1) is 0 Å². The van der Waals surface area contributed by atoms with E-state index in [-0.39, 0.29) is 11.7 Å². The van der Waals surface area contributed by atoms with Crippen molar-refractivity contribution < 1.29 is 15.0 Å². The van der Waals surface area contributed by atoms with Gasteiger partial charge < -0.3 is 10.2 Å². The van der Waals surface area contributed by atoms with Crippen LogP contribution in [0.2, 0.25) is 0 Å². The van der Waals surface area contributed by atoms with Gasteiger partial charge in [-0.05, 0) is 38.8 Å². The van der Waals surface area contributed by atoms with Gasteiger partial charge in [-0.25, -0.2) is 4.79 Å². The Labute approximate surface area is 89.4 Å². The van der Waals surface area contributed by atoms with Crippen LogP contribution in [-0.2, 0) is 4.79 Å². The highest BCUT2D eigenvalue weighted by Crippen LogP contribution is 2.26. The van der Waals surface area contributed by atoms with E-state index in [2.05, 4.69) is 0 Å². The van der Waals surface area contributed by atoms with E-state index in [4.69, 9.17) is 0 Å². The zero-order chi connectivity index (χ0) is 11.5. The molecule has 1 unspecified atom stereocenters. The molecule has 0 saturated heterocycles. The summed E-state index contributed by atoms with van der Waals surface area (Å²) in [5, 5.41) is 18.7. The van der Waals surface area contributed by atoms with Crippen LogP contribution in [0.1, 0.15) is 26.7 Å². The molecule has 1 atom stereocenters. The minimum atomic E-state index is -0.731. The Morgan fingerprint density at radius 1 is 1.53 bits per heavy atom. The Morgan fingerprint density at radius 3 is 2.73 bits per heavy atom. The Bertz CT molecular complexity index is 338. The number of aliphatic hydroxyl groups is 2. The third-order valence-electron chi connectivity index (χ3n) is 2.39. The fourth-order valence-electron chi connectivity index (χ4n) is 1.50. The van der Waals surface area contributed by atoms with E-state index < -0.39 is 5.60 Å². The van der Waals surface area contributed by atoms with Gasteiger partial charge >= 0.3 is 0 Å². The Balaban J connectivity index is 2.65. The molecule has 3 heteroatoms. The molecule has 15 heavy (non-hydrogen) atoms. The minimum absolute atomic E-state index is 0.0511. The van der Waals surface area contributed by atoms with Crippen LogP contribution in [0.25, 0.3) is 0 Å². The van der Waals surface area contributed by atoms with Gasteiger partial charge in [0, 0.05) is 11.5 Å². The molecule has 0 saturated carbocycles. The first-order valence-electron chi connectivity index (χ1n) is 4.98. The molecular weight excluding hydrogens is 192 g/mol. The van der Waals surface area contributed by atoms with Crippen LogP contribution in [0.5, 0.6) is 0 Å². The van der Waals surface area contributed by atoms with Crippen LogP contribution in [0, 0.1) is 5.92 Å². The maximum absolute atomic E-state index is 10.6. The van der Waals surface area contributed by atoms with Crippen molar-refractivity contribution in [1.29, 1.82) is 0 Å². The molecule has 0 aliphatic heterocycles. The van der Waals surface area contributed by atoms with Gasteiger partial charge in [0.1, 0.15) is 11.7 Å². The van der Waals surface area contributed by atoms with Gasteiger partial charge in [0.05, 0.1) is 5.60 Å². The van der Waals surface area contributed by atoms with E-state index in [1.807, 2.05) is 5.94 Å². The van der Waals surface area contributed by atoms with Crippen molar-refractivity contribution in [2.75, 3.05) is 0 Å². The number of aliphatic hydroxyl groups excluding tert-OH is 1. The van der Waals surface area contributed by atoms with Crippen molar-refractivity contribution in [3.63, 3.8) is 0 Å². The molecule has 3 nitrogen and oxygen atoms in total. The minimum Gasteiger partial charge on any atom is -0.508 e. The predicted octanol–water partition coefficient (Wildman–Crippen LogP) is 1.92. The molecule has 0 heterocycles. The molecule has 0 aromatic heterocycles. The van der Waals surface area contributed by atoms with Gasteiger partial charge in [0.25, 0.3) is 0 Å². The number of carbonyl (C=O) groups excluding carboxylic acids is 1. The third-order valence-corrected chi connectivity index (χ3v) is 2.39. The molecule has 1 rings (SSSR count). The lowest BCUT2D eigenvalue weighted by atomic mass is 9.87. The summed E-state index contributed by atoms with van der Waals surface area (Å²) in [6.45, 7) is 3.47. The maximum Gasteiger partial charge on any atom is 0.128 e. The van der Waals surface area contributed by atoms with Crippen molar-refractivity contribution in [1.82, 2.24) is 0 Å². The second-order valence-corrected chi connectivity index (χ2v) is 4.44. The van der Waals surface area contributed by atoms with Crippen LogP contribution in [0.15, 0.2) is 29.6 Å². The van der Waals surface area contributed by atoms with Crippen LogP contribution in [-0.4, -0.2) is 21.8 Å². The fourth-order valence-corrected chi connectivity index (χ4v) is 1.50. The highest BCUT2D eigenvalue weighted by atomic mass is 16.3. The topological polar surface area (TPSA) is 57.5 Å². The average Bonchev–Trinajstić information content (AvgIpc) is 2.14. The van der Waals surface area contributed by atoms with E-state index >= 15 is 0 Å². The summed E-state index contributed by atoms with van der Waals surface area (Å²) in [5.74, 6) is 1.84. The second-order valence-electron chi connectivity index (χ2n) is 4.44. The molecule has 0 spiro atoms. The molecule has 0 radical (unpaired) electrons. The van der Waals surface area contributed by atoms with E-state index in [1.165, 1.54) is 6.08 Å². The van der Waals surface area contributed by atoms with Crippen LogP contribution >= 0.6 is 0 Å². The SMILES string of the molecule is CC(C)(O)CCC1C=CC(O)=CC1=C=O. The summed E-state index contributed by atoms with van der Waals surface area (Å²) in [6, 6.07) is 0. The molecule has 0 fully saturated rings. The summed E-state index contributed by atoms with van der Waals surface area (Å²) in [4.78, 5) is 10.6. The predicted molar refractivity (Wildman–Crippen MR) is 58.1 cm³/mol. The van der Waals surface area contributed by atoms with Crippen molar-refractivity contribution in [3.8, 4) is 0 Å². The lowest BCUT2D eigenvalue weighted by Gasteiger charge is -2.21. The van der Waals surface area contributed by atoms with Crippen molar-refractivity contribution in [2.24, 2.45) is 5.92 Å². The van der Waals surface area contributed by atoms with Gasteiger partial charge in [0.2, 0.25) is 0 Å². The van der Waals surface area contributed by atoms with Crippen LogP contribution < -0.4 is 0 Å². The second kappa shape index (κ2) is 4.47. The number of hydrogen-bond acceptors (Lipinski definition) is 3. The normalized spacial score (nSPS) is 21.1. The Hall–Kier alpha value is -1.31. The molecule has 0 bridgehead atoms. The van der Waals surface area contributed by atoms with Crippen LogP contribution in [0.4, 0.5) is 0 Å². The summed E-state index contributed by atoms with van der Waals surface area (Å²) in [7, 11) is 0. The van der Waals surface area contributed by atoms with Crippen molar-refractivity contribution >= 4 is 5.94 Å².